The first kappa shape index (κ1) is 24.5. The molecule has 32 heavy (non-hydrogen) atoms. The Hall–Kier alpha value is -2.11. The molecule has 3 rings (SSSR count). The van der Waals surface area contributed by atoms with E-state index in [-0.39, 0.29) is 15.2 Å². The second-order valence-corrected chi connectivity index (χ2v) is 10.5. The van der Waals surface area contributed by atoms with E-state index in [0.717, 1.165) is 23.7 Å². The van der Waals surface area contributed by atoms with Gasteiger partial charge in [0.05, 0.1) is 16.4 Å². The summed E-state index contributed by atoms with van der Waals surface area (Å²) < 4.78 is 64.3. The highest BCUT2D eigenvalue weighted by molar-refractivity contribution is 9.10. The average Bonchev–Trinajstić information content (AvgIpc) is 3.04. The van der Waals surface area contributed by atoms with Gasteiger partial charge in [-0.25, -0.2) is 4.98 Å². The predicted molar refractivity (Wildman–Crippen MR) is 122 cm³/mol. The Kier molecular flexibility index (Phi) is 6.92. The number of aryl methyl sites for hydroxylation is 1. The van der Waals surface area contributed by atoms with Crippen LogP contribution in [0.3, 0.4) is 0 Å². The summed E-state index contributed by atoms with van der Waals surface area (Å²) in [5.74, 6) is 1.10. The number of aromatic nitrogens is 3. The fourth-order valence-corrected chi connectivity index (χ4v) is 4.44. The van der Waals surface area contributed by atoms with Crippen LogP contribution in [0.1, 0.15) is 19.5 Å². The van der Waals surface area contributed by atoms with Crippen molar-refractivity contribution in [3.05, 3.63) is 51.8 Å². The van der Waals surface area contributed by atoms with E-state index in [0.29, 0.717) is 23.0 Å². The van der Waals surface area contributed by atoms with Crippen molar-refractivity contribution >= 4 is 43.2 Å². The minimum Gasteiger partial charge on any atom is -0.333 e. The first-order valence-corrected chi connectivity index (χ1v) is 12.0. The maximum Gasteiger partial charge on any atom is 0.516 e. The molecule has 0 saturated carbocycles. The van der Waals surface area contributed by atoms with Gasteiger partial charge < -0.3 is 4.57 Å². The van der Waals surface area contributed by atoms with E-state index in [4.69, 9.17) is 11.6 Å². The molecule has 0 atom stereocenters. The largest absolute Gasteiger partial charge is 0.516 e. The summed E-state index contributed by atoms with van der Waals surface area (Å²) in [5, 5.41) is 0.0351. The van der Waals surface area contributed by atoms with Crippen LogP contribution in [0.4, 0.5) is 18.9 Å². The maximum atomic E-state index is 12.7. The van der Waals surface area contributed by atoms with E-state index in [1.807, 2.05) is 19.2 Å². The van der Waals surface area contributed by atoms with Gasteiger partial charge in [0.1, 0.15) is 5.82 Å². The van der Waals surface area contributed by atoms with E-state index in [1.54, 1.807) is 17.0 Å². The molecule has 0 bridgehead atoms. The number of anilines is 1. The normalized spacial score (nSPS) is 12.4. The summed E-state index contributed by atoms with van der Waals surface area (Å²) in [6.45, 7) is 4.21. The quantitative estimate of drug-likeness (QED) is 0.406. The van der Waals surface area contributed by atoms with Crippen molar-refractivity contribution in [2.45, 2.75) is 25.8 Å². The van der Waals surface area contributed by atoms with Gasteiger partial charge >= 0.3 is 15.5 Å². The molecule has 0 saturated heterocycles. The second-order valence-electron chi connectivity index (χ2n) is 7.56. The average molecular weight is 552 g/mol. The lowest BCUT2D eigenvalue weighted by Gasteiger charge is -2.13. The Morgan fingerprint density at radius 1 is 1.25 bits per heavy atom. The SMILES string of the molecule is CC(C)Cc1cc(-c2nc(-c3cc(Br)c(NS(=O)(=O)C(F)(F)F)cc3Cl)cn2C)ccn1. The van der Waals surface area contributed by atoms with Crippen LogP contribution in [0.25, 0.3) is 22.6 Å². The number of benzene rings is 1. The van der Waals surface area contributed by atoms with Crippen LogP contribution >= 0.6 is 27.5 Å². The Labute approximate surface area is 197 Å². The van der Waals surface area contributed by atoms with Crippen LogP contribution in [0.2, 0.25) is 5.02 Å². The van der Waals surface area contributed by atoms with E-state index in [9.17, 15) is 21.6 Å². The Morgan fingerprint density at radius 2 is 1.94 bits per heavy atom. The van der Waals surface area contributed by atoms with Crippen molar-refractivity contribution in [1.29, 1.82) is 0 Å². The Morgan fingerprint density at radius 3 is 2.56 bits per heavy atom. The number of nitrogens with one attached hydrogen (secondary N) is 1. The smallest absolute Gasteiger partial charge is 0.333 e. The van der Waals surface area contributed by atoms with Crippen LogP contribution in [-0.4, -0.2) is 28.5 Å². The highest BCUT2D eigenvalue weighted by atomic mass is 79.9. The van der Waals surface area contributed by atoms with E-state index in [2.05, 4.69) is 39.7 Å². The molecule has 1 N–H and O–H groups in total. The first-order valence-electron chi connectivity index (χ1n) is 9.35. The monoisotopic (exact) mass is 550 g/mol. The summed E-state index contributed by atoms with van der Waals surface area (Å²) in [5.41, 5.74) is -3.10. The van der Waals surface area contributed by atoms with Crippen LogP contribution in [0.15, 0.2) is 41.1 Å². The number of hydrogen-bond acceptors (Lipinski definition) is 4. The van der Waals surface area contributed by atoms with Gasteiger partial charge in [0, 0.05) is 40.7 Å². The van der Waals surface area contributed by atoms with Crippen molar-refractivity contribution < 1.29 is 21.6 Å². The number of nitrogens with zero attached hydrogens (tertiary/aromatic N) is 3. The molecule has 0 aliphatic rings. The lowest BCUT2D eigenvalue weighted by atomic mass is 10.1. The molecule has 0 amide bonds. The van der Waals surface area contributed by atoms with Crippen LogP contribution in [0, 0.1) is 5.92 Å². The van der Waals surface area contributed by atoms with Gasteiger partial charge in [0.25, 0.3) is 0 Å². The molecule has 3 aromatic rings. The number of hydrogen-bond donors (Lipinski definition) is 1. The number of sulfonamides is 1. The van der Waals surface area contributed by atoms with Crippen LogP contribution in [0.5, 0.6) is 0 Å². The first-order chi connectivity index (χ1) is 14.8. The fraction of sp³-hybridized carbons (Fsp3) is 0.300. The topological polar surface area (TPSA) is 76.9 Å². The third-order valence-corrected chi connectivity index (χ3v) is 6.52. The molecule has 0 radical (unpaired) electrons. The zero-order valence-corrected chi connectivity index (χ0v) is 20.4. The molecular formula is C20H19BrClF3N4O2S. The molecule has 0 spiro atoms. The van der Waals surface area contributed by atoms with Crippen LogP contribution in [-0.2, 0) is 23.5 Å². The van der Waals surface area contributed by atoms with Crippen molar-refractivity contribution in [1.82, 2.24) is 14.5 Å². The van der Waals surface area contributed by atoms with Crippen molar-refractivity contribution in [2.75, 3.05) is 4.72 Å². The van der Waals surface area contributed by atoms with E-state index in [1.165, 1.54) is 10.8 Å². The number of pyridine rings is 1. The third-order valence-electron chi connectivity index (χ3n) is 4.45. The van der Waals surface area contributed by atoms with Gasteiger partial charge in [-0.15, -0.1) is 0 Å². The minimum atomic E-state index is -5.58. The summed E-state index contributed by atoms with van der Waals surface area (Å²) in [6, 6.07) is 6.31. The number of rotatable bonds is 6. The number of halogens is 5. The number of imidazole rings is 1. The number of alkyl halides is 3. The molecule has 172 valence electrons. The predicted octanol–water partition coefficient (Wildman–Crippen LogP) is 6.03. The van der Waals surface area contributed by atoms with Crippen molar-refractivity contribution in [3.8, 4) is 22.6 Å². The molecular weight excluding hydrogens is 533 g/mol. The molecule has 0 aliphatic carbocycles. The molecule has 0 unspecified atom stereocenters. The van der Waals surface area contributed by atoms with Gasteiger partial charge in [-0.1, -0.05) is 25.4 Å². The molecule has 2 aromatic heterocycles. The van der Waals surface area contributed by atoms with Gasteiger partial charge in [0.15, 0.2) is 0 Å². The fourth-order valence-electron chi connectivity index (χ4n) is 3.04. The second kappa shape index (κ2) is 9.03. The van der Waals surface area contributed by atoms with E-state index < -0.39 is 15.5 Å². The van der Waals surface area contributed by atoms with Gasteiger partial charge in [0.2, 0.25) is 0 Å². The lowest BCUT2D eigenvalue weighted by molar-refractivity contribution is -0.0429. The Bertz CT molecular complexity index is 1260. The summed E-state index contributed by atoms with van der Waals surface area (Å²) in [6.07, 6.45) is 4.26. The highest BCUT2D eigenvalue weighted by Gasteiger charge is 2.46. The molecule has 2 heterocycles. The minimum absolute atomic E-state index is 0.0351. The molecule has 0 aliphatic heterocycles. The Balaban J connectivity index is 1.98. The summed E-state index contributed by atoms with van der Waals surface area (Å²) >= 11 is 9.38. The van der Waals surface area contributed by atoms with Gasteiger partial charge in [-0.3, -0.25) is 9.71 Å². The molecule has 6 nitrogen and oxygen atoms in total. The summed E-state index contributed by atoms with van der Waals surface area (Å²) in [7, 11) is -3.77. The van der Waals surface area contributed by atoms with Crippen molar-refractivity contribution in [3.63, 3.8) is 0 Å². The van der Waals surface area contributed by atoms with Crippen LogP contribution < -0.4 is 4.72 Å². The molecule has 12 heteroatoms. The van der Waals surface area contributed by atoms with E-state index >= 15 is 0 Å². The summed E-state index contributed by atoms with van der Waals surface area (Å²) in [4.78, 5) is 9.01. The maximum absolute atomic E-state index is 12.7. The van der Waals surface area contributed by atoms with Crippen molar-refractivity contribution in [2.24, 2.45) is 13.0 Å². The molecule has 1 aromatic carbocycles. The van der Waals surface area contributed by atoms with Gasteiger partial charge in [-0.2, -0.15) is 21.6 Å². The zero-order chi connectivity index (χ0) is 23.8. The third kappa shape index (κ3) is 5.26. The standard InChI is InChI=1S/C20H19BrClF3N4O2S/c1-11(2)6-13-7-12(4-5-26-13)19-27-18(10-29(19)3)14-8-15(21)17(9-16(14)22)28-32(30,31)20(23,24)25/h4-5,7-11,28H,6H2,1-3H3. The molecule has 0 fully saturated rings. The highest BCUT2D eigenvalue weighted by Crippen LogP contribution is 2.38. The zero-order valence-electron chi connectivity index (χ0n) is 17.2. The lowest BCUT2D eigenvalue weighted by Crippen LogP contribution is -2.30. The van der Waals surface area contributed by atoms with Gasteiger partial charge in [-0.05, 0) is 52.5 Å².